The van der Waals surface area contributed by atoms with Gasteiger partial charge in [0.1, 0.15) is 0 Å². The first-order valence-electron chi connectivity index (χ1n) is 5.32. The van der Waals surface area contributed by atoms with Crippen molar-refractivity contribution in [2.75, 3.05) is 0 Å². The van der Waals surface area contributed by atoms with Crippen molar-refractivity contribution in [3.63, 3.8) is 0 Å². The van der Waals surface area contributed by atoms with Crippen molar-refractivity contribution in [2.24, 2.45) is 22.7 Å². The van der Waals surface area contributed by atoms with Crippen molar-refractivity contribution < 1.29 is 0 Å². The second-order valence-electron chi connectivity index (χ2n) is 5.55. The molecule has 2 saturated carbocycles. The zero-order valence-corrected chi connectivity index (χ0v) is 8.85. The van der Waals surface area contributed by atoms with Gasteiger partial charge in [0.05, 0.1) is 0 Å². The van der Waals surface area contributed by atoms with E-state index < -0.39 is 0 Å². The Morgan fingerprint density at radius 2 is 1.92 bits per heavy atom. The first kappa shape index (κ1) is 8.59. The van der Waals surface area contributed by atoms with Gasteiger partial charge in [0, 0.05) is 0 Å². The van der Waals surface area contributed by atoms with Gasteiger partial charge in [-0.3, -0.25) is 0 Å². The smallest absolute Gasteiger partial charge is 0.0241 e. The minimum Gasteiger partial charge on any atom is -0.0620 e. The highest BCUT2D eigenvalue weighted by atomic mass is 14.6. The molecular formula is C12H21. The summed E-state index contributed by atoms with van der Waals surface area (Å²) in [6.07, 6.45) is 6.84. The summed E-state index contributed by atoms with van der Waals surface area (Å²) in [5.41, 5.74) is 1.22. The quantitative estimate of drug-likeness (QED) is 0.556. The minimum atomic E-state index is 0.601. The van der Waals surface area contributed by atoms with Crippen LogP contribution in [0.5, 0.6) is 0 Å². The van der Waals surface area contributed by atoms with Crippen molar-refractivity contribution in [1.82, 2.24) is 0 Å². The summed E-state index contributed by atoms with van der Waals surface area (Å²) < 4.78 is 0. The zero-order valence-electron chi connectivity index (χ0n) is 8.85. The molecular weight excluding hydrogens is 144 g/mol. The fourth-order valence-corrected chi connectivity index (χ4v) is 3.77. The maximum Gasteiger partial charge on any atom is -0.0241 e. The Bertz CT molecular complexity index is 192. The lowest BCUT2D eigenvalue weighted by molar-refractivity contribution is 0.117. The number of hydrogen-bond donors (Lipinski definition) is 0. The SMILES string of the molecule is C[CH]C1CC2CCC1(C)C2(C)C. The normalized spacial score (nSPS) is 50.0. The first-order chi connectivity index (χ1) is 5.52. The van der Waals surface area contributed by atoms with E-state index in [2.05, 4.69) is 34.1 Å². The molecule has 2 fully saturated rings. The third kappa shape index (κ3) is 0.744. The second kappa shape index (κ2) is 2.27. The summed E-state index contributed by atoms with van der Waals surface area (Å²) in [4.78, 5) is 0. The van der Waals surface area contributed by atoms with Crippen LogP contribution in [-0.4, -0.2) is 0 Å². The van der Waals surface area contributed by atoms with E-state index in [4.69, 9.17) is 0 Å². The third-order valence-corrected chi connectivity index (χ3v) is 5.26. The van der Waals surface area contributed by atoms with E-state index in [0.717, 1.165) is 11.8 Å². The van der Waals surface area contributed by atoms with E-state index in [-0.39, 0.29) is 0 Å². The molecule has 0 aromatic rings. The second-order valence-corrected chi connectivity index (χ2v) is 5.55. The number of rotatable bonds is 1. The van der Waals surface area contributed by atoms with Crippen LogP contribution in [0, 0.1) is 29.1 Å². The molecule has 2 aliphatic carbocycles. The largest absolute Gasteiger partial charge is 0.0620 e. The molecule has 3 atom stereocenters. The van der Waals surface area contributed by atoms with Crippen LogP contribution >= 0.6 is 0 Å². The van der Waals surface area contributed by atoms with Crippen LogP contribution in [0.15, 0.2) is 0 Å². The van der Waals surface area contributed by atoms with Crippen LogP contribution in [0.4, 0.5) is 0 Å². The summed E-state index contributed by atoms with van der Waals surface area (Å²) in [7, 11) is 0. The van der Waals surface area contributed by atoms with Gasteiger partial charge >= 0.3 is 0 Å². The molecule has 1 radical (unpaired) electrons. The summed E-state index contributed by atoms with van der Waals surface area (Å²) in [6, 6.07) is 0. The van der Waals surface area contributed by atoms with Gasteiger partial charge in [0.2, 0.25) is 0 Å². The molecule has 0 amide bonds. The molecule has 0 nitrogen and oxygen atoms in total. The van der Waals surface area contributed by atoms with Crippen LogP contribution in [0.1, 0.15) is 47.0 Å². The van der Waals surface area contributed by atoms with Crippen LogP contribution in [-0.2, 0) is 0 Å². The van der Waals surface area contributed by atoms with Crippen molar-refractivity contribution in [3.05, 3.63) is 6.42 Å². The van der Waals surface area contributed by atoms with Gasteiger partial charge in [-0.1, -0.05) is 27.7 Å². The topological polar surface area (TPSA) is 0 Å². The summed E-state index contributed by atoms with van der Waals surface area (Å²) >= 11 is 0. The maximum atomic E-state index is 2.50. The molecule has 2 rings (SSSR count). The Labute approximate surface area is 76.7 Å². The minimum absolute atomic E-state index is 0.601. The average Bonchev–Trinajstić information content (AvgIpc) is 2.34. The highest BCUT2D eigenvalue weighted by Gasteiger charge is 2.60. The molecule has 0 heteroatoms. The average molecular weight is 165 g/mol. The molecule has 2 bridgehead atoms. The Kier molecular flexibility index (Phi) is 1.63. The Hall–Kier alpha value is 0. The molecule has 0 N–H and O–H groups in total. The molecule has 0 aliphatic heterocycles. The van der Waals surface area contributed by atoms with E-state index in [9.17, 15) is 0 Å². The predicted octanol–water partition coefficient (Wildman–Crippen LogP) is 3.67. The lowest BCUT2D eigenvalue weighted by atomic mass is 9.66. The van der Waals surface area contributed by atoms with Crippen LogP contribution in [0.25, 0.3) is 0 Å². The standard InChI is InChI=1S/C12H21/c1-5-9-8-10-6-7-12(9,4)11(10,2)3/h5,9-10H,6-8H2,1-4H3. The maximum absolute atomic E-state index is 2.50. The van der Waals surface area contributed by atoms with Gasteiger partial charge in [0.15, 0.2) is 0 Å². The monoisotopic (exact) mass is 165 g/mol. The van der Waals surface area contributed by atoms with Crippen molar-refractivity contribution in [3.8, 4) is 0 Å². The highest BCUT2D eigenvalue weighted by Crippen LogP contribution is 2.68. The fraction of sp³-hybridized carbons (Fsp3) is 0.917. The van der Waals surface area contributed by atoms with Gasteiger partial charge in [-0.15, -0.1) is 0 Å². The molecule has 0 spiro atoms. The Morgan fingerprint density at radius 1 is 1.25 bits per heavy atom. The molecule has 3 unspecified atom stereocenters. The zero-order chi connectivity index (χ0) is 8.98. The molecule has 0 heterocycles. The molecule has 12 heavy (non-hydrogen) atoms. The van der Waals surface area contributed by atoms with Gasteiger partial charge in [0.25, 0.3) is 0 Å². The number of fused-ring (bicyclic) bond motifs is 2. The van der Waals surface area contributed by atoms with E-state index in [1.807, 2.05) is 0 Å². The Balaban J connectivity index is 2.33. The molecule has 0 saturated heterocycles. The third-order valence-electron chi connectivity index (χ3n) is 5.26. The van der Waals surface area contributed by atoms with Crippen LogP contribution in [0.2, 0.25) is 0 Å². The summed E-state index contributed by atoms with van der Waals surface area (Å²) in [5.74, 6) is 1.90. The van der Waals surface area contributed by atoms with Gasteiger partial charge in [-0.2, -0.15) is 0 Å². The molecule has 2 aliphatic rings. The lowest BCUT2D eigenvalue weighted by Gasteiger charge is -2.39. The fourth-order valence-electron chi connectivity index (χ4n) is 3.77. The van der Waals surface area contributed by atoms with E-state index in [1.54, 1.807) is 0 Å². The molecule has 0 aromatic carbocycles. The molecule has 69 valence electrons. The van der Waals surface area contributed by atoms with Crippen molar-refractivity contribution >= 4 is 0 Å². The summed E-state index contributed by atoms with van der Waals surface area (Å²) in [6.45, 7) is 9.71. The van der Waals surface area contributed by atoms with Crippen LogP contribution < -0.4 is 0 Å². The van der Waals surface area contributed by atoms with Gasteiger partial charge in [-0.25, -0.2) is 0 Å². The van der Waals surface area contributed by atoms with Gasteiger partial charge in [-0.05, 0) is 48.3 Å². The van der Waals surface area contributed by atoms with Crippen LogP contribution in [0.3, 0.4) is 0 Å². The summed E-state index contributed by atoms with van der Waals surface area (Å²) in [5, 5.41) is 0. The highest BCUT2D eigenvalue weighted by molar-refractivity contribution is 5.12. The van der Waals surface area contributed by atoms with E-state index >= 15 is 0 Å². The lowest BCUT2D eigenvalue weighted by Crippen LogP contribution is -2.32. The van der Waals surface area contributed by atoms with Gasteiger partial charge < -0.3 is 0 Å². The predicted molar refractivity (Wildman–Crippen MR) is 52.7 cm³/mol. The van der Waals surface area contributed by atoms with Crippen molar-refractivity contribution in [2.45, 2.75) is 47.0 Å². The van der Waals surface area contributed by atoms with E-state index in [0.29, 0.717) is 10.8 Å². The van der Waals surface area contributed by atoms with Crippen molar-refractivity contribution in [1.29, 1.82) is 0 Å². The molecule has 0 aromatic heterocycles. The number of hydrogen-bond acceptors (Lipinski definition) is 0. The van der Waals surface area contributed by atoms with E-state index in [1.165, 1.54) is 19.3 Å². The Morgan fingerprint density at radius 3 is 2.17 bits per heavy atom. The first-order valence-corrected chi connectivity index (χ1v) is 5.32.